The summed E-state index contributed by atoms with van der Waals surface area (Å²) >= 11 is 0. The van der Waals surface area contributed by atoms with Gasteiger partial charge < -0.3 is 20.7 Å². The Balaban J connectivity index is 0.000000406. The number of alkyl halides is 3. The van der Waals surface area contributed by atoms with E-state index in [1.807, 2.05) is 30.3 Å². The average Bonchev–Trinajstić information content (AvgIpc) is 3.28. The lowest BCUT2D eigenvalue weighted by molar-refractivity contribution is -0.192. The van der Waals surface area contributed by atoms with Gasteiger partial charge in [-0.25, -0.2) is 19.6 Å². The van der Waals surface area contributed by atoms with Crippen LogP contribution in [0.4, 0.5) is 29.3 Å². The first kappa shape index (κ1) is 23.8. The number of imidazole rings is 1. The van der Waals surface area contributed by atoms with Crippen molar-refractivity contribution in [1.29, 1.82) is 0 Å². The summed E-state index contributed by atoms with van der Waals surface area (Å²) in [6.07, 6.45) is 3.64. The van der Waals surface area contributed by atoms with E-state index in [1.165, 1.54) is 0 Å². The summed E-state index contributed by atoms with van der Waals surface area (Å²) in [5.74, 6) is -0.217. The number of rotatable bonds is 3. The van der Waals surface area contributed by atoms with Crippen LogP contribution in [-0.2, 0) is 4.79 Å². The normalized spacial score (nSPS) is 10.5. The Kier molecular flexibility index (Phi) is 7.13. The number of halogens is 3. The summed E-state index contributed by atoms with van der Waals surface area (Å²) in [5, 5.41) is 12.7. The van der Waals surface area contributed by atoms with E-state index in [1.54, 1.807) is 36.8 Å². The summed E-state index contributed by atoms with van der Waals surface area (Å²) < 4.78 is 31.7. The number of terminal acetylenes is 1. The fourth-order valence-corrected chi connectivity index (χ4v) is 2.80. The molecule has 172 valence electrons. The van der Waals surface area contributed by atoms with Crippen molar-refractivity contribution in [3.63, 3.8) is 0 Å². The van der Waals surface area contributed by atoms with Gasteiger partial charge in [0.1, 0.15) is 0 Å². The molecule has 2 aromatic carbocycles. The number of urea groups is 1. The molecule has 0 bridgehead atoms. The number of aromatic nitrogens is 3. The van der Waals surface area contributed by atoms with Crippen LogP contribution >= 0.6 is 0 Å². The molecule has 0 saturated heterocycles. The third-order valence-corrected chi connectivity index (χ3v) is 4.31. The van der Waals surface area contributed by atoms with Crippen molar-refractivity contribution in [3.8, 4) is 23.5 Å². The van der Waals surface area contributed by atoms with Gasteiger partial charge in [0.15, 0.2) is 5.65 Å². The van der Waals surface area contributed by atoms with Crippen molar-refractivity contribution in [1.82, 2.24) is 15.0 Å². The monoisotopic (exact) mass is 467 g/mol. The van der Waals surface area contributed by atoms with E-state index in [0.29, 0.717) is 22.6 Å². The van der Waals surface area contributed by atoms with Crippen molar-refractivity contribution in [2.75, 3.05) is 10.6 Å². The number of H-pyrrole nitrogens is 1. The summed E-state index contributed by atoms with van der Waals surface area (Å²) in [6.45, 7) is 0. The second-order valence-electron chi connectivity index (χ2n) is 6.64. The molecule has 0 aliphatic rings. The van der Waals surface area contributed by atoms with Crippen LogP contribution in [0.1, 0.15) is 5.56 Å². The number of anilines is 2. The quantitative estimate of drug-likeness (QED) is 0.320. The van der Waals surface area contributed by atoms with Crippen LogP contribution in [-0.4, -0.2) is 38.2 Å². The van der Waals surface area contributed by atoms with Crippen LogP contribution < -0.4 is 10.6 Å². The molecule has 0 radical (unpaired) electrons. The molecule has 0 saturated carbocycles. The summed E-state index contributed by atoms with van der Waals surface area (Å²) in [5.41, 5.74) is 5.57. The third kappa shape index (κ3) is 6.10. The molecule has 2 heterocycles. The molecule has 2 aromatic heterocycles. The molecule has 4 rings (SSSR count). The second kappa shape index (κ2) is 10.2. The number of benzene rings is 2. The summed E-state index contributed by atoms with van der Waals surface area (Å²) in [4.78, 5) is 32.6. The van der Waals surface area contributed by atoms with E-state index in [-0.39, 0.29) is 6.03 Å². The molecule has 11 heteroatoms. The van der Waals surface area contributed by atoms with Crippen LogP contribution in [0.15, 0.2) is 67.1 Å². The number of nitrogens with zero attached hydrogens (tertiary/aromatic N) is 2. The minimum absolute atomic E-state index is 0.336. The first-order chi connectivity index (χ1) is 16.2. The molecule has 0 unspecified atom stereocenters. The Hall–Kier alpha value is -4.85. The average molecular weight is 467 g/mol. The second-order valence-corrected chi connectivity index (χ2v) is 6.64. The number of amides is 2. The highest BCUT2D eigenvalue weighted by atomic mass is 19.4. The fraction of sp³-hybridized carbons (Fsp3) is 0.0435. The van der Waals surface area contributed by atoms with Crippen molar-refractivity contribution in [3.05, 3.63) is 72.7 Å². The lowest BCUT2D eigenvalue weighted by atomic mass is 10.1. The predicted octanol–water partition coefficient (Wildman–Crippen LogP) is 4.88. The number of pyridine rings is 1. The molecule has 0 atom stereocenters. The number of aliphatic carboxylic acids is 1. The third-order valence-electron chi connectivity index (χ3n) is 4.31. The maximum Gasteiger partial charge on any atom is 0.490 e. The molecular weight excluding hydrogens is 451 g/mol. The van der Waals surface area contributed by atoms with Gasteiger partial charge in [-0.1, -0.05) is 24.1 Å². The number of carbonyl (C=O) groups is 2. The van der Waals surface area contributed by atoms with Gasteiger partial charge in [0, 0.05) is 28.7 Å². The van der Waals surface area contributed by atoms with Crippen molar-refractivity contribution < 1.29 is 27.9 Å². The van der Waals surface area contributed by atoms with E-state index in [0.717, 1.165) is 16.6 Å². The van der Waals surface area contributed by atoms with Crippen LogP contribution in [0.3, 0.4) is 0 Å². The number of carbonyl (C=O) groups excluding carboxylic acids is 1. The molecule has 34 heavy (non-hydrogen) atoms. The standard InChI is InChI=1S/C21H15N5O.C2HF3O2/c1-2-14-4-3-5-17(12-14)26-21(27)25-16-8-6-15(7-9-16)18-10-11-22-20-19(18)23-13-24-20;3-2(4,5)1(6)7/h1,3-13H,(H,22,23,24)(H2,25,26,27);(H,6,7). The Bertz CT molecular complexity index is 1360. The van der Waals surface area contributed by atoms with E-state index < -0.39 is 12.1 Å². The van der Waals surface area contributed by atoms with Gasteiger partial charge in [-0.3, -0.25) is 0 Å². The largest absolute Gasteiger partial charge is 0.490 e. The Morgan fingerprint density at radius 2 is 1.68 bits per heavy atom. The van der Waals surface area contributed by atoms with Crippen LogP contribution in [0.25, 0.3) is 22.3 Å². The molecular formula is C23H16F3N5O3. The van der Waals surface area contributed by atoms with E-state index in [2.05, 4.69) is 31.5 Å². The molecule has 8 nitrogen and oxygen atoms in total. The zero-order valence-corrected chi connectivity index (χ0v) is 17.2. The fourth-order valence-electron chi connectivity index (χ4n) is 2.80. The predicted molar refractivity (Wildman–Crippen MR) is 120 cm³/mol. The van der Waals surface area contributed by atoms with Crippen molar-refractivity contribution >= 4 is 34.5 Å². The highest BCUT2D eigenvalue weighted by Gasteiger charge is 2.38. The van der Waals surface area contributed by atoms with Crippen LogP contribution in [0.5, 0.6) is 0 Å². The number of carboxylic acids is 1. The maximum atomic E-state index is 12.2. The number of fused-ring (bicyclic) bond motifs is 1. The van der Waals surface area contributed by atoms with Gasteiger partial charge in [-0.2, -0.15) is 13.2 Å². The molecule has 0 aliphatic carbocycles. The van der Waals surface area contributed by atoms with Gasteiger partial charge >= 0.3 is 18.2 Å². The summed E-state index contributed by atoms with van der Waals surface area (Å²) in [7, 11) is 0. The molecule has 0 fully saturated rings. The zero-order chi connectivity index (χ0) is 24.7. The Morgan fingerprint density at radius 1 is 1.00 bits per heavy atom. The molecule has 4 aromatic rings. The lowest BCUT2D eigenvalue weighted by Crippen LogP contribution is -2.21. The smallest absolute Gasteiger partial charge is 0.475 e. The maximum absolute atomic E-state index is 12.2. The molecule has 4 N–H and O–H groups in total. The number of hydrogen-bond acceptors (Lipinski definition) is 4. The highest BCUT2D eigenvalue weighted by Crippen LogP contribution is 2.26. The number of carboxylic acid groups (broad SMARTS) is 1. The topological polar surface area (TPSA) is 120 Å². The Labute approximate surface area is 190 Å². The van der Waals surface area contributed by atoms with E-state index in [4.69, 9.17) is 16.3 Å². The van der Waals surface area contributed by atoms with E-state index in [9.17, 15) is 18.0 Å². The number of nitrogens with one attached hydrogen (secondary N) is 3. The highest BCUT2D eigenvalue weighted by molar-refractivity contribution is 6.00. The summed E-state index contributed by atoms with van der Waals surface area (Å²) in [6, 6.07) is 16.3. The zero-order valence-electron chi connectivity index (χ0n) is 17.2. The SMILES string of the molecule is C#Cc1cccc(NC(=O)Nc2ccc(-c3ccnc4nc[nH]c34)cc2)c1.O=C(O)C(F)(F)F. The van der Waals surface area contributed by atoms with Crippen molar-refractivity contribution in [2.45, 2.75) is 6.18 Å². The first-order valence-electron chi connectivity index (χ1n) is 9.50. The molecule has 0 aliphatic heterocycles. The first-order valence-corrected chi connectivity index (χ1v) is 9.50. The molecule has 0 spiro atoms. The Morgan fingerprint density at radius 3 is 2.32 bits per heavy atom. The van der Waals surface area contributed by atoms with Gasteiger partial charge in [0.05, 0.1) is 11.8 Å². The molecule has 2 amide bonds. The number of aromatic amines is 1. The lowest BCUT2D eigenvalue weighted by Gasteiger charge is -2.09. The van der Waals surface area contributed by atoms with Gasteiger partial charge in [0.2, 0.25) is 0 Å². The number of hydrogen-bond donors (Lipinski definition) is 4. The van der Waals surface area contributed by atoms with E-state index >= 15 is 0 Å². The van der Waals surface area contributed by atoms with Gasteiger partial charge in [-0.05, 0) is 42.0 Å². The van der Waals surface area contributed by atoms with Gasteiger partial charge in [-0.15, -0.1) is 6.42 Å². The van der Waals surface area contributed by atoms with Crippen LogP contribution in [0, 0.1) is 12.3 Å². The minimum atomic E-state index is -5.08. The van der Waals surface area contributed by atoms with Crippen LogP contribution in [0.2, 0.25) is 0 Å². The van der Waals surface area contributed by atoms with Crippen molar-refractivity contribution in [2.24, 2.45) is 0 Å². The minimum Gasteiger partial charge on any atom is -0.475 e. The van der Waals surface area contributed by atoms with Gasteiger partial charge in [0.25, 0.3) is 0 Å².